The first-order chi connectivity index (χ1) is 11.8. The van der Waals surface area contributed by atoms with E-state index in [9.17, 15) is 4.79 Å². The molecule has 4 nitrogen and oxygen atoms in total. The molecule has 0 aliphatic carbocycles. The number of nitrogens with zero attached hydrogens (tertiary/aromatic N) is 2. The third-order valence-corrected chi connectivity index (χ3v) is 6.35. The summed E-state index contributed by atoms with van der Waals surface area (Å²) < 4.78 is 0. The zero-order valence-electron chi connectivity index (χ0n) is 14.5. The van der Waals surface area contributed by atoms with Crippen LogP contribution in [-0.4, -0.2) is 54.5 Å². The maximum absolute atomic E-state index is 13.1. The van der Waals surface area contributed by atoms with Gasteiger partial charge in [0.2, 0.25) is 5.91 Å². The van der Waals surface area contributed by atoms with Crippen LogP contribution in [0.1, 0.15) is 37.7 Å². The van der Waals surface area contributed by atoms with Crippen LogP contribution in [0.5, 0.6) is 0 Å². The summed E-state index contributed by atoms with van der Waals surface area (Å²) in [6.07, 6.45) is 5.81. The first-order valence-corrected chi connectivity index (χ1v) is 9.53. The lowest BCUT2D eigenvalue weighted by Crippen LogP contribution is -2.50. The summed E-state index contributed by atoms with van der Waals surface area (Å²) in [5.41, 5.74) is 1.79. The summed E-state index contributed by atoms with van der Waals surface area (Å²) in [7, 11) is 0. The molecule has 1 unspecified atom stereocenters. The molecule has 4 heteroatoms. The number of nitrogens with one attached hydrogen (secondary N) is 1. The average Bonchev–Trinajstić information content (AvgIpc) is 3.26. The Morgan fingerprint density at radius 2 is 1.92 bits per heavy atom. The van der Waals surface area contributed by atoms with Gasteiger partial charge >= 0.3 is 0 Å². The molecule has 0 radical (unpaired) electrons. The molecule has 1 amide bonds. The van der Waals surface area contributed by atoms with Crippen molar-refractivity contribution in [3.8, 4) is 0 Å². The largest absolute Gasteiger partial charge is 0.341 e. The Morgan fingerprint density at radius 1 is 1.12 bits per heavy atom. The minimum absolute atomic E-state index is 0.0981. The Morgan fingerprint density at radius 3 is 2.62 bits per heavy atom. The van der Waals surface area contributed by atoms with Crippen molar-refractivity contribution in [3.05, 3.63) is 35.9 Å². The van der Waals surface area contributed by atoms with Gasteiger partial charge in [0.1, 0.15) is 0 Å². The minimum atomic E-state index is 0.0981. The molecule has 0 saturated carbocycles. The van der Waals surface area contributed by atoms with E-state index in [2.05, 4.69) is 45.4 Å². The highest BCUT2D eigenvalue weighted by Gasteiger charge is 2.40. The molecule has 130 valence electrons. The van der Waals surface area contributed by atoms with Crippen molar-refractivity contribution in [1.29, 1.82) is 0 Å². The number of carbonyl (C=O) groups is 1. The van der Waals surface area contributed by atoms with Gasteiger partial charge in [-0.15, -0.1) is 0 Å². The first kappa shape index (κ1) is 16.1. The lowest BCUT2D eigenvalue weighted by molar-refractivity contribution is -0.138. The molecule has 4 rings (SSSR count). The van der Waals surface area contributed by atoms with Gasteiger partial charge in [-0.3, -0.25) is 9.69 Å². The van der Waals surface area contributed by atoms with Crippen molar-refractivity contribution in [1.82, 2.24) is 15.1 Å². The van der Waals surface area contributed by atoms with Crippen LogP contribution < -0.4 is 5.32 Å². The molecular weight excluding hydrogens is 298 g/mol. The van der Waals surface area contributed by atoms with Crippen LogP contribution in [0.25, 0.3) is 0 Å². The predicted molar refractivity (Wildman–Crippen MR) is 95.6 cm³/mol. The second kappa shape index (κ2) is 6.85. The Labute approximate surface area is 145 Å². The highest BCUT2D eigenvalue weighted by atomic mass is 16.2. The number of piperidine rings is 1. The van der Waals surface area contributed by atoms with E-state index in [0.717, 1.165) is 52.1 Å². The summed E-state index contributed by atoms with van der Waals surface area (Å²) >= 11 is 0. The van der Waals surface area contributed by atoms with Gasteiger partial charge in [0.05, 0.1) is 6.04 Å². The van der Waals surface area contributed by atoms with Crippen molar-refractivity contribution < 1.29 is 4.79 Å². The van der Waals surface area contributed by atoms with Crippen molar-refractivity contribution >= 4 is 5.91 Å². The molecular formula is C20H29N3O. The topological polar surface area (TPSA) is 35.6 Å². The van der Waals surface area contributed by atoms with E-state index in [1.165, 1.54) is 24.8 Å². The van der Waals surface area contributed by atoms with Gasteiger partial charge in [0, 0.05) is 26.2 Å². The quantitative estimate of drug-likeness (QED) is 0.925. The first-order valence-electron chi connectivity index (χ1n) is 9.53. The molecule has 3 aliphatic rings. The fourth-order valence-corrected chi connectivity index (χ4v) is 4.75. The van der Waals surface area contributed by atoms with Gasteiger partial charge in [-0.2, -0.15) is 0 Å². The van der Waals surface area contributed by atoms with Gasteiger partial charge in [-0.25, -0.2) is 0 Å². The molecule has 1 aromatic rings. The molecule has 1 N–H and O–H groups in total. The Bertz CT molecular complexity index is 558. The normalized spacial score (nSPS) is 27.0. The molecule has 3 saturated heterocycles. The molecule has 3 fully saturated rings. The Kier molecular flexibility index (Phi) is 4.59. The van der Waals surface area contributed by atoms with Crippen molar-refractivity contribution in [2.45, 2.75) is 44.7 Å². The second-order valence-corrected chi connectivity index (χ2v) is 7.87. The highest BCUT2D eigenvalue weighted by Crippen LogP contribution is 2.37. The number of benzene rings is 1. The summed E-state index contributed by atoms with van der Waals surface area (Å²) in [5.74, 6) is 0.379. The smallest absolute Gasteiger partial charge is 0.239 e. The van der Waals surface area contributed by atoms with Gasteiger partial charge in [-0.05, 0) is 56.2 Å². The predicted octanol–water partition coefficient (Wildman–Crippen LogP) is 2.25. The zero-order chi connectivity index (χ0) is 16.4. The molecule has 3 aliphatic heterocycles. The number of hydrogen-bond donors (Lipinski definition) is 1. The minimum Gasteiger partial charge on any atom is -0.341 e. The van der Waals surface area contributed by atoms with E-state index >= 15 is 0 Å². The van der Waals surface area contributed by atoms with Gasteiger partial charge in [0.15, 0.2) is 0 Å². The molecule has 1 aromatic carbocycles. The van der Waals surface area contributed by atoms with Gasteiger partial charge in [-0.1, -0.05) is 30.3 Å². The molecule has 1 atom stereocenters. The van der Waals surface area contributed by atoms with E-state index < -0.39 is 0 Å². The molecule has 0 bridgehead atoms. The van der Waals surface area contributed by atoms with Crippen molar-refractivity contribution in [2.75, 3.05) is 32.7 Å². The van der Waals surface area contributed by atoms with Crippen LogP contribution >= 0.6 is 0 Å². The van der Waals surface area contributed by atoms with E-state index in [1.54, 1.807) is 0 Å². The highest BCUT2D eigenvalue weighted by molar-refractivity contribution is 5.82. The second-order valence-electron chi connectivity index (χ2n) is 7.87. The summed E-state index contributed by atoms with van der Waals surface area (Å²) in [6.45, 7) is 6.17. The van der Waals surface area contributed by atoms with Crippen LogP contribution in [0, 0.1) is 5.41 Å². The lowest BCUT2D eigenvalue weighted by Gasteiger charge is -2.40. The summed E-state index contributed by atoms with van der Waals surface area (Å²) in [5, 5.41) is 3.50. The fraction of sp³-hybridized carbons (Fsp3) is 0.650. The van der Waals surface area contributed by atoms with E-state index in [4.69, 9.17) is 0 Å². The number of likely N-dealkylation sites (tertiary alicyclic amines) is 2. The molecule has 1 spiro atoms. The van der Waals surface area contributed by atoms with Crippen LogP contribution in [0.4, 0.5) is 0 Å². The number of amides is 1. The molecule has 0 aromatic heterocycles. The average molecular weight is 327 g/mol. The lowest BCUT2D eigenvalue weighted by atomic mass is 9.77. The third-order valence-electron chi connectivity index (χ3n) is 6.35. The van der Waals surface area contributed by atoms with E-state index in [0.29, 0.717) is 11.3 Å². The Balaban J connectivity index is 1.37. The van der Waals surface area contributed by atoms with Crippen molar-refractivity contribution in [2.24, 2.45) is 5.41 Å². The maximum Gasteiger partial charge on any atom is 0.239 e. The number of carbonyl (C=O) groups excluding carboxylic acids is 1. The third kappa shape index (κ3) is 3.22. The zero-order valence-corrected chi connectivity index (χ0v) is 14.5. The van der Waals surface area contributed by atoms with Crippen LogP contribution in [0.15, 0.2) is 30.3 Å². The molecule has 24 heavy (non-hydrogen) atoms. The van der Waals surface area contributed by atoms with E-state index in [-0.39, 0.29) is 6.04 Å². The summed E-state index contributed by atoms with van der Waals surface area (Å²) in [4.78, 5) is 17.6. The van der Waals surface area contributed by atoms with Crippen LogP contribution in [-0.2, 0) is 11.3 Å². The standard InChI is InChI=1S/C20H29N3O/c24-19(22-13-9-20(10-14-22)8-11-21-16-20)18-7-4-12-23(18)15-17-5-2-1-3-6-17/h1-3,5-6,18,21H,4,7-16H2. The van der Waals surface area contributed by atoms with E-state index in [1.807, 2.05) is 0 Å². The fourth-order valence-electron chi connectivity index (χ4n) is 4.75. The molecule has 3 heterocycles. The van der Waals surface area contributed by atoms with Crippen LogP contribution in [0.2, 0.25) is 0 Å². The van der Waals surface area contributed by atoms with Crippen LogP contribution in [0.3, 0.4) is 0 Å². The SMILES string of the molecule is O=C(C1CCCN1Cc1ccccc1)N1CCC2(CCNC2)CC1. The maximum atomic E-state index is 13.1. The number of hydrogen-bond acceptors (Lipinski definition) is 3. The summed E-state index contributed by atoms with van der Waals surface area (Å²) in [6, 6.07) is 10.7. The monoisotopic (exact) mass is 327 g/mol. The Hall–Kier alpha value is -1.39. The van der Waals surface area contributed by atoms with Gasteiger partial charge in [0.25, 0.3) is 0 Å². The number of rotatable bonds is 3. The van der Waals surface area contributed by atoms with Crippen molar-refractivity contribution in [3.63, 3.8) is 0 Å². The van der Waals surface area contributed by atoms with Gasteiger partial charge < -0.3 is 10.2 Å².